The van der Waals surface area contributed by atoms with Crippen molar-refractivity contribution < 1.29 is 9.18 Å². The summed E-state index contributed by atoms with van der Waals surface area (Å²) in [4.78, 5) is 16.6. The van der Waals surface area contributed by atoms with Gasteiger partial charge in [0.25, 0.3) is 5.91 Å². The summed E-state index contributed by atoms with van der Waals surface area (Å²) in [6.07, 6.45) is 2.53. The van der Waals surface area contributed by atoms with Crippen LogP contribution in [0.5, 0.6) is 0 Å². The molecule has 3 N–H and O–H groups in total. The molecular formula is C18H19FN4O. The molecule has 0 saturated heterocycles. The lowest BCUT2D eigenvalue weighted by molar-refractivity contribution is 0.0950. The van der Waals surface area contributed by atoms with Crippen LogP contribution in [-0.2, 0) is 0 Å². The zero-order valence-corrected chi connectivity index (χ0v) is 13.6. The Morgan fingerprint density at radius 1 is 1.29 bits per heavy atom. The number of fused-ring (bicyclic) bond motifs is 1. The van der Waals surface area contributed by atoms with E-state index in [0.717, 1.165) is 6.42 Å². The Kier molecular flexibility index (Phi) is 4.20. The Balaban J connectivity index is 2.18. The van der Waals surface area contributed by atoms with Crippen LogP contribution in [0.15, 0.2) is 36.5 Å². The minimum Gasteiger partial charge on any atom is -0.383 e. The van der Waals surface area contributed by atoms with Crippen molar-refractivity contribution in [1.29, 1.82) is 0 Å². The number of rotatable bonds is 4. The monoisotopic (exact) mass is 326 g/mol. The number of hydrogen-bond donors (Lipinski definition) is 2. The van der Waals surface area contributed by atoms with Crippen LogP contribution < -0.4 is 11.1 Å². The van der Waals surface area contributed by atoms with E-state index < -0.39 is 0 Å². The SMILES string of the molecule is CCCNC(=O)c1nc2c(-c3cccc(C)c3F)cccn2c1N. The predicted molar refractivity (Wildman–Crippen MR) is 92.4 cm³/mol. The molecule has 0 aliphatic rings. The van der Waals surface area contributed by atoms with Gasteiger partial charge in [-0.2, -0.15) is 0 Å². The number of hydrogen-bond acceptors (Lipinski definition) is 3. The second-order valence-corrected chi connectivity index (χ2v) is 5.65. The molecule has 3 rings (SSSR count). The fraction of sp³-hybridized carbons (Fsp3) is 0.222. The molecule has 0 atom stereocenters. The van der Waals surface area contributed by atoms with Gasteiger partial charge in [0, 0.05) is 23.9 Å². The molecule has 1 aromatic carbocycles. The molecule has 124 valence electrons. The normalized spacial score (nSPS) is 11.0. The van der Waals surface area contributed by atoms with E-state index in [1.807, 2.05) is 6.92 Å². The number of nitrogens with one attached hydrogen (secondary N) is 1. The van der Waals surface area contributed by atoms with Gasteiger partial charge in [0.15, 0.2) is 5.69 Å². The summed E-state index contributed by atoms with van der Waals surface area (Å²) in [7, 11) is 0. The number of imidazole rings is 1. The number of nitrogens with zero attached hydrogens (tertiary/aromatic N) is 2. The van der Waals surface area contributed by atoms with Crippen LogP contribution in [-0.4, -0.2) is 21.8 Å². The number of nitrogen functional groups attached to an aromatic ring is 1. The molecule has 0 bridgehead atoms. The van der Waals surface area contributed by atoms with E-state index in [4.69, 9.17) is 5.73 Å². The number of nitrogens with two attached hydrogens (primary N) is 1. The molecule has 3 aromatic rings. The first kappa shape index (κ1) is 16.0. The minimum absolute atomic E-state index is 0.156. The van der Waals surface area contributed by atoms with Crippen LogP contribution in [0.25, 0.3) is 16.8 Å². The molecule has 0 unspecified atom stereocenters. The van der Waals surface area contributed by atoms with Gasteiger partial charge in [-0.15, -0.1) is 0 Å². The van der Waals surface area contributed by atoms with Gasteiger partial charge in [-0.1, -0.05) is 25.1 Å². The molecule has 0 aliphatic carbocycles. The highest BCUT2D eigenvalue weighted by atomic mass is 19.1. The summed E-state index contributed by atoms with van der Waals surface area (Å²) < 4.78 is 16.1. The summed E-state index contributed by atoms with van der Waals surface area (Å²) in [5, 5.41) is 2.76. The number of benzene rings is 1. The summed E-state index contributed by atoms with van der Waals surface area (Å²) in [6, 6.07) is 8.73. The number of aryl methyl sites for hydroxylation is 1. The van der Waals surface area contributed by atoms with Crippen LogP contribution in [0.2, 0.25) is 0 Å². The van der Waals surface area contributed by atoms with Gasteiger partial charge in [0.05, 0.1) is 0 Å². The molecular weight excluding hydrogens is 307 g/mol. The van der Waals surface area contributed by atoms with E-state index in [-0.39, 0.29) is 23.2 Å². The van der Waals surface area contributed by atoms with Gasteiger partial charge in [-0.3, -0.25) is 9.20 Å². The maximum absolute atomic E-state index is 14.5. The smallest absolute Gasteiger partial charge is 0.273 e. The number of halogens is 1. The average molecular weight is 326 g/mol. The Bertz CT molecular complexity index is 917. The quantitative estimate of drug-likeness (QED) is 0.773. The van der Waals surface area contributed by atoms with Gasteiger partial charge < -0.3 is 11.1 Å². The van der Waals surface area contributed by atoms with Crippen molar-refractivity contribution in [2.24, 2.45) is 0 Å². The first-order valence-corrected chi connectivity index (χ1v) is 7.84. The zero-order valence-electron chi connectivity index (χ0n) is 13.6. The molecule has 1 amide bonds. The first-order valence-electron chi connectivity index (χ1n) is 7.84. The van der Waals surface area contributed by atoms with Crippen molar-refractivity contribution in [2.75, 3.05) is 12.3 Å². The van der Waals surface area contributed by atoms with E-state index in [1.54, 1.807) is 47.9 Å². The van der Waals surface area contributed by atoms with E-state index in [0.29, 0.717) is 28.9 Å². The lowest BCUT2D eigenvalue weighted by Crippen LogP contribution is -2.25. The molecule has 0 spiro atoms. The topological polar surface area (TPSA) is 72.4 Å². The standard InChI is InChI=1S/C18H19FN4O/c1-3-9-21-18(24)15-16(20)23-10-5-8-13(17(23)22-15)12-7-4-6-11(2)14(12)19/h4-8,10H,3,9,20H2,1-2H3,(H,21,24). The molecule has 0 radical (unpaired) electrons. The molecule has 5 nitrogen and oxygen atoms in total. The fourth-order valence-electron chi connectivity index (χ4n) is 2.64. The van der Waals surface area contributed by atoms with Crippen molar-refractivity contribution in [2.45, 2.75) is 20.3 Å². The minimum atomic E-state index is -0.325. The first-order chi connectivity index (χ1) is 11.5. The third-order valence-corrected chi connectivity index (χ3v) is 3.92. The van der Waals surface area contributed by atoms with E-state index in [9.17, 15) is 9.18 Å². The van der Waals surface area contributed by atoms with Gasteiger partial charge in [-0.25, -0.2) is 9.37 Å². The zero-order chi connectivity index (χ0) is 17.3. The molecule has 0 fully saturated rings. The molecule has 0 aliphatic heterocycles. The van der Waals surface area contributed by atoms with Crippen LogP contribution in [0.1, 0.15) is 29.4 Å². The number of carbonyl (C=O) groups is 1. The molecule has 0 saturated carbocycles. The number of aromatic nitrogens is 2. The van der Waals surface area contributed by atoms with Crippen molar-refractivity contribution >= 4 is 17.4 Å². The maximum Gasteiger partial charge on any atom is 0.273 e. The molecule has 24 heavy (non-hydrogen) atoms. The number of anilines is 1. The summed E-state index contributed by atoms with van der Waals surface area (Å²) >= 11 is 0. The van der Waals surface area contributed by atoms with E-state index in [1.165, 1.54) is 0 Å². The van der Waals surface area contributed by atoms with Gasteiger partial charge in [0.1, 0.15) is 17.3 Å². The molecule has 2 heterocycles. The summed E-state index contributed by atoms with van der Waals surface area (Å²) in [6.45, 7) is 4.22. The Hall–Kier alpha value is -2.89. The third kappa shape index (κ3) is 2.60. The van der Waals surface area contributed by atoms with Crippen LogP contribution in [0, 0.1) is 12.7 Å². The molecule has 6 heteroatoms. The average Bonchev–Trinajstić information content (AvgIpc) is 2.92. The number of amides is 1. The highest BCUT2D eigenvalue weighted by molar-refractivity contribution is 5.98. The highest BCUT2D eigenvalue weighted by Gasteiger charge is 2.19. The highest BCUT2D eigenvalue weighted by Crippen LogP contribution is 2.30. The lowest BCUT2D eigenvalue weighted by atomic mass is 10.0. The van der Waals surface area contributed by atoms with E-state index >= 15 is 0 Å². The Morgan fingerprint density at radius 3 is 2.79 bits per heavy atom. The van der Waals surface area contributed by atoms with Crippen LogP contribution in [0.4, 0.5) is 10.2 Å². The third-order valence-electron chi connectivity index (χ3n) is 3.92. The van der Waals surface area contributed by atoms with Crippen molar-refractivity contribution in [3.05, 3.63) is 53.6 Å². The summed E-state index contributed by atoms with van der Waals surface area (Å²) in [5.74, 6) is -0.383. The number of carbonyl (C=O) groups excluding carboxylic acids is 1. The molecule has 2 aromatic heterocycles. The van der Waals surface area contributed by atoms with Gasteiger partial charge in [0.2, 0.25) is 0 Å². The van der Waals surface area contributed by atoms with Crippen molar-refractivity contribution in [3.8, 4) is 11.1 Å². The second-order valence-electron chi connectivity index (χ2n) is 5.65. The van der Waals surface area contributed by atoms with Gasteiger partial charge >= 0.3 is 0 Å². The lowest BCUT2D eigenvalue weighted by Gasteiger charge is -2.07. The van der Waals surface area contributed by atoms with Gasteiger partial charge in [-0.05, 0) is 31.0 Å². The fourth-order valence-corrected chi connectivity index (χ4v) is 2.64. The maximum atomic E-state index is 14.5. The predicted octanol–water partition coefficient (Wildman–Crippen LogP) is 3.17. The number of pyridine rings is 1. The Morgan fingerprint density at radius 2 is 2.04 bits per heavy atom. The van der Waals surface area contributed by atoms with E-state index in [2.05, 4.69) is 10.3 Å². The van der Waals surface area contributed by atoms with Crippen molar-refractivity contribution in [3.63, 3.8) is 0 Å². The Labute approximate surface area is 139 Å². The largest absolute Gasteiger partial charge is 0.383 e. The summed E-state index contributed by atoms with van der Waals surface area (Å²) in [5.41, 5.74) is 8.27. The van der Waals surface area contributed by atoms with Crippen LogP contribution >= 0.6 is 0 Å². The second kappa shape index (κ2) is 6.31. The van der Waals surface area contributed by atoms with Crippen molar-refractivity contribution in [1.82, 2.24) is 14.7 Å². The van der Waals surface area contributed by atoms with Crippen LogP contribution in [0.3, 0.4) is 0 Å².